The number of hydrogen-bond donors (Lipinski definition) is 3. The Labute approximate surface area is 135 Å². The zero-order chi connectivity index (χ0) is 16.2. The molecular weight excluding hydrogens is 292 g/mol. The number of nitrogens with zero attached hydrogens (tertiary/aromatic N) is 1. The molecule has 1 atom stereocenters. The summed E-state index contributed by atoms with van der Waals surface area (Å²) in [7, 11) is 0. The third-order valence-electron chi connectivity index (χ3n) is 4.80. The molecule has 6 nitrogen and oxygen atoms in total. The van der Waals surface area contributed by atoms with Gasteiger partial charge in [0.1, 0.15) is 6.54 Å². The van der Waals surface area contributed by atoms with Crippen LogP contribution in [-0.2, 0) is 11.3 Å². The summed E-state index contributed by atoms with van der Waals surface area (Å²) in [6, 6.07) is 7.38. The van der Waals surface area contributed by atoms with Gasteiger partial charge < -0.3 is 16.0 Å². The maximum atomic E-state index is 12.4. The molecule has 4 N–H and O–H groups in total. The van der Waals surface area contributed by atoms with E-state index in [9.17, 15) is 9.59 Å². The van der Waals surface area contributed by atoms with E-state index < -0.39 is 0 Å². The van der Waals surface area contributed by atoms with E-state index in [1.165, 1.54) is 23.8 Å². The Bertz CT molecular complexity index is 728. The quantitative estimate of drug-likeness (QED) is 0.777. The summed E-state index contributed by atoms with van der Waals surface area (Å²) < 4.78 is 1.47. The highest BCUT2D eigenvalue weighted by Gasteiger charge is 2.24. The van der Waals surface area contributed by atoms with Gasteiger partial charge in [0.05, 0.1) is 11.0 Å². The van der Waals surface area contributed by atoms with Crippen molar-refractivity contribution >= 4 is 16.9 Å². The first-order chi connectivity index (χ1) is 11.2. The maximum Gasteiger partial charge on any atom is 0.326 e. The van der Waals surface area contributed by atoms with Crippen molar-refractivity contribution in [3.05, 3.63) is 34.7 Å². The summed E-state index contributed by atoms with van der Waals surface area (Å²) >= 11 is 0. The number of imidazole rings is 1. The fourth-order valence-corrected chi connectivity index (χ4v) is 3.57. The molecule has 0 radical (unpaired) electrons. The minimum Gasteiger partial charge on any atom is -0.350 e. The van der Waals surface area contributed by atoms with Crippen LogP contribution in [0.5, 0.6) is 0 Å². The molecule has 3 rings (SSSR count). The second-order valence-corrected chi connectivity index (χ2v) is 6.34. The van der Waals surface area contributed by atoms with Crippen molar-refractivity contribution in [1.82, 2.24) is 14.9 Å². The second kappa shape index (κ2) is 7.00. The van der Waals surface area contributed by atoms with Crippen LogP contribution in [-0.4, -0.2) is 28.0 Å². The molecule has 1 unspecified atom stereocenters. The summed E-state index contributed by atoms with van der Waals surface area (Å²) in [5.41, 5.74) is 7.08. The van der Waals surface area contributed by atoms with Crippen LogP contribution in [0, 0.1) is 5.92 Å². The second-order valence-electron chi connectivity index (χ2n) is 6.34. The van der Waals surface area contributed by atoms with Crippen molar-refractivity contribution < 1.29 is 4.79 Å². The van der Waals surface area contributed by atoms with Gasteiger partial charge in [-0.25, -0.2) is 4.79 Å². The number of nitrogens with two attached hydrogens (primary N) is 1. The first kappa shape index (κ1) is 15.8. The third-order valence-corrected chi connectivity index (χ3v) is 4.80. The number of amides is 1. The van der Waals surface area contributed by atoms with Crippen molar-refractivity contribution in [2.45, 2.75) is 44.7 Å². The number of H-pyrrole nitrogens is 1. The molecule has 1 fully saturated rings. The van der Waals surface area contributed by atoms with Gasteiger partial charge in [-0.2, -0.15) is 0 Å². The molecule has 0 saturated heterocycles. The number of rotatable bonds is 5. The van der Waals surface area contributed by atoms with Gasteiger partial charge in [-0.1, -0.05) is 31.4 Å². The summed E-state index contributed by atoms with van der Waals surface area (Å²) in [6.45, 7) is 0.464. The van der Waals surface area contributed by atoms with Crippen molar-refractivity contribution in [2.75, 3.05) is 6.54 Å². The third kappa shape index (κ3) is 3.47. The largest absolute Gasteiger partial charge is 0.350 e. The monoisotopic (exact) mass is 316 g/mol. The van der Waals surface area contributed by atoms with Gasteiger partial charge in [0.15, 0.2) is 0 Å². The summed E-state index contributed by atoms with van der Waals surface area (Å²) in [5.74, 6) is 0.301. The van der Waals surface area contributed by atoms with Gasteiger partial charge in [0, 0.05) is 12.6 Å². The summed E-state index contributed by atoms with van der Waals surface area (Å²) in [5, 5.41) is 3.03. The number of nitrogens with one attached hydrogen (secondary N) is 2. The predicted octanol–water partition coefficient (Wildman–Crippen LogP) is 1.35. The first-order valence-electron chi connectivity index (χ1n) is 8.36. The smallest absolute Gasteiger partial charge is 0.326 e. The van der Waals surface area contributed by atoms with E-state index in [0.717, 1.165) is 23.9 Å². The zero-order valence-electron chi connectivity index (χ0n) is 13.3. The fourth-order valence-electron chi connectivity index (χ4n) is 3.57. The van der Waals surface area contributed by atoms with Gasteiger partial charge in [-0.05, 0) is 30.9 Å². The van der Waals surface area contributed by atoms with Crippen LogP contribution in [0.4, 0.5) is 0 Å². The number of para-hydroxylation sites is 2. The number of carbonyl (C=O) groups is 1. The highest BCUT2D eigenvalue weighted by Crippen LogP contribution is 2.26. The van der Waals surface area contributed by atoms with E-state index in [-0.39, 0.29) is 24.2 Å². The SMILES string of the molecule is NCC(NC(=O)Cn1c(=O)[nH]c2ccccc21)C1CCCCC1. The fraction of sp³-hybridized carbons (Fsp3) is 0.529. The Hall–Kier alpha value is -2.08. The Balaban J connectivity index is 1.70. The molecule has 23 heavy (non-hydrogen) atoms. The van der Waals surface area contributed by atoms with Crippen LogP contribution in [0.3, 0.4) is 0 Å². The molecule has 1 aromatic heterocycles. The molecule has 2 aromatic rings. The molecule has 0 aliphatic heterocycles. The molecule has 1 aliphatic carbocycles. The Morgan fingerprint density at radius 2 is 2.04 bits per heavy atom. The van der Waals surface area contributed by atoms with Crippen molar-refractivity contribution in [1.29, 1.82) is 0 Å². The lowest BCUT2D eigenvalue weighted by molar-refractivity contribution is -0.122. The van der Waals surface area contributed by atoms with E-state index in [2.05, 4.69) is 10.3 Å². The molecule has 1 amide bonds. The highest BCUT2D eigenvalue weighted by molar-refractivity contribution is 5.80. The molecule has 6 heteroatoms. The lowest BCUT2D eigenvalue weighted by atomic mass is 9.84. The van der Waals surface area contributed by atoms with Crippen LogP contribution in [0.25, 0.3) is 11.0 Å². The van der Waals surface area contributed by atoms with E-state index >= 15 is 0 Å². The topological polar surface area (TPSA) is 92.9 Å². The number of aromatic amines is 1. The Morgan fingerprint density at radius 1 is 1.30 bits per heavy atom. The zero-order valence-corrected chi connectivity index (χ0v) is 13.3. The van der Waals surface area contributed by atoms with Crippen molar-refractivity contribution in [3.63, 3.8) is 0 Å². The molecule has 0 spiro atoms. The predicted molar refractivity (Wildman–Crippen MR) is 90.1 cm³/mol. The normalized spacial score (nSPS) is 17.3. The minimum atomic E-state index is -0.261. The average molecular weight is 316 g/mol. The van der Waals surface area contributed by atoms with Crippen LogP contribution in [0.1, 0.15) is 32.1 Å². The molecule has 1 aromatic carbocycles. The minimum absolute atomic E-state index is 0.00343. The van der Waals surface area contributed by atoms with Crippen LogP contribution < -0.4 is 16.7 Å². The van der Waals surface area contributed by atoms with E-state index in [4.69, 9.17) is 5.73 Å². The van der Waals surface area contributed by atoms with Gasteiger partial charge in [0.25, 0.3) is 0 Å². The number of carbonyl (C=O) groups excluding carboxylic acids is 1. The van der Waals surface area contributed by atoms with Crippen LogP contribution >= 0.6 is 0 Å². The number of benzene rings is 1. The van der Waals surface area contributed by atoms with Crippen LogP contribution in [0.2, 0.25) is 0 Å². The highest BCUT2D eigenvalue weighted by atomic mass is 16.2. The summed E-state index contributed by atoms with van der Waals surface area (Å²) in [4.78, 5) is 27.2. The summed E-state index contributed by atoms with van der Waals surface area (Å²) in [6.07, 6.45) is 5.93. The lowest BCUT2D eigenvalue weighted by Gasteiger charge is -2.30. The standard InChI is InChI=1S/C17H24N4O2/c18-10-14(12-6-2-1-3-7-12)19-16(22)11-21-15-9-5-4-8-13(15)20-17(21)23/h4-5,8-9,12,14H,1-3,6-7,10-11,18H2,(H,19,22)(H,20,23). The molecule has 1 heterocycles. The molecule has 1 saturated carbocycles. The van der Waals surface area contributed by atoms with Crippen LogP contribution in [0.15, 0.2) is 29.1 Å². The molecule has 1 aliphatic rings. The number of aromatic nitrogens is 2. The van der Waals surface area contributed by atoms with Crippen molar-refractivity contribution in [2.24, 2.45) is 11.7 Å². The van der Waals surface area contributed by atoms with Gasteiger partial charge >= 0.3 is 5.69 Å². The lowest BCUT2D eigenvalue weighted by Crippen LogP contribution is -2.47. The van der Waals surface area contributed by atoms with E-state index in [1.54, 1.807) is 0 Å². The average Bonchev–Trinajstić information content (AvgIpc) is 2.89. The maximum absolute atomic E-state index is 12.4. The van der Waals surface area contributed by atoms with E-state index in [1.807, 2.05) is 24.3 Å². The Kier molecular flexibility index (Phi) is 4.81. The Morgan fingerprint density at radius 3 is 2.78 bits per heavy atom. The van der Waals surface area contributed by atoms with Crippen molar-refractivity contribution in [3.8, 4) is 0 Å². The molecule has 0 bridgehead atoms. The van der Waals surface area contributed by atoms with Gasteiger partial charge in [-0.3, -0.25) is 9.36 Å². The molecular formula is C17H24N4O2. The first-order valence-corrected chi connectivity index (χ1v) is 8.36. The van der Waals surface area contributed by atoms with Gasteiger partial charge in [0.2, 0.25) is 5.91 Å². The molecule has 124 valence electrons. The van der Waals surface area contributed by atoms with E-state index in [0.29, 0.717) is 12.5 Å². The van der Waals surface area contributed by atoms with Gasteiger partial charge in [-0.15, -0.1) is 0 Å². The number of fused-ring (bicyclic) bond motifs is 1. The number of hydrogen-bond acceptors (Lipinski definition) is 3.